The zero-order chi connectivity index (χ0) is 56.7. The topological polar surface area (TPSA) is 64.7 Å². The summed E-state index contributed by atoms with van der Waals surface area (Å²) in [5.74, 6) is 0. The van der Waals surface area contributed by atoms with Crippen molar-refractivity contribution in [2.75, 3.05) is 0 Å². The molecule has 0 N–H and O–H groups in total. The molecule has 0 spiro atoms. The van der Waals surface area contributed by atoms with E-state index in [1.165, 1.54) is 12.3 Å². The van der Waals surface area contributed by atoms with Crippen LogP contribution in [0.3, 0.4) is 0 Å². The molecule has 5 heteroatoms. The van der Waals surface area contributed by atoms with Crippen molar-refractivity contribution in [1.29, 1.82) is 0 Å². The van der Waals surface area contributed by atoms with Crippen LogP contribution < -0.4 is 0 Å². The second-order valence-corrected chi connectivity index (χ2v) is 19.7. The normalized spacial score (nSPS) is 14.0. The number of nitrogens with zero attached hydrogens (tertiary/aromatic N) is 4. The minimum absolute atomic E-state index is 0.00500. The molecule has 74 heavy (non-hydrogen) atoms. The summed E-state index contributed by atoms with van der Waals surface area (Å²) >= 11 is 0. The molecule has 0 aliphatic carbocycles. The van der Waals surface area contributed by atoms with Crippen molar-refractivity contribution in [1.82, 2.24) is 19.9 Å². The number of hydrogen-bond donors (Lipinski definition) is 0. The van der Waals surface area contributed by atoms with E-state index in [1.54, 1.807) is 24.3 Å². The van der Waals surface area contributed by atoms with Gasteiger partial charge in [0, 0.05) is 71.9 Å². The van der Waals surface area contributed by atoms with E-state index in [1.807, 2.05) is 103 Å². The van der Waals surface area contributed by atoms with Crippen LogP contribution in [0.2, 0.25) is 0 Å². The molecule has 0 aliphatic heterocycles. The molecular weight excluding hydrogens is 901 g/mol. The van der Waals surface area contributed by atoms with Crippen LogP contribution in [-0.2, 0) is 36.4 Å². The Kier molecular flexibility index (Phi) is 11.4. The molecule has 0 radical (unpaired) electrons. The first-order valence-corrected chi connectivity index (χ1v) is 26.0. The predicted octanol–water partition coefficient (Wildman–Crippen LogP) is 17.7. The van der Waals surface area contributed by atoms with Gasteiger partial charge in [-0.05, 0) is 145 Å². The molecule has 0 bridgehead atoms. The first-order chi connectivity index (χ1) is 39.0. The van der Waals surface area contributed by atoms with Gasteiger partial charge in [0.25, 0.3) is 0 Å². The third-order valence-corrected chi connectivity index (χ3v) is 15.7. The Bertz CT molecular complexity index is 3920. The van der Waals surface area contributed by atoms with E-state index in [2.05, 4.69) is 88.4 Å². The number of rotatable bonds is 17. The van der Waals surface area contributed by atoms with E-state index >= 15 is 0 Å². The van der Waals surface area contributed by atoms with E-state index in [0.29, 0.717) is 35.4 Å². The lowest BCUT2D eigenvalue weighted by Crippen LogP contribution is -2.29. The van der Waals surface area contributed by atoms with Gasteiger partial charge in [-0.2, -0.15) is 0 Å². The van der Waals surface area contributed by atoms with Gasteiger partial charge in [-0.1, -0.05) is 173 Å². The Labute approximate surface area is 446 Å². The third kappa shape index (κ3) is 9.44. The average Bonchev–Trinajstić information content (AvgIpc) is 3.98. The van der Waals surface area contributed by atoms with Gasteiger partial charge in [0.1, 0.15) is 5.58 Å². The standard InChI is InChI=1S/C69H64N4O/c1-6-68(7-2,55-33-35-62(71-45-55)51-22-12-10-13-23-51)42-49-37-48(38-50(39-49)43-69(8-3,9-4)56-34-36-63(72-46-56)52-24-14-11-15-25-52)31-32-54-44-70-65(41-60(54)57-27-18-16-21-47(57)5)59-29-20-28-58-61-40-53-26-17-19-30-64(53)73-67(61)74-66(58)59/h10-30,33-41,44-46H,6-9,31-32,42-43H2,1-5H3/i5D3,31D2,32D2. The van der Waals surface area contributed by atoms with E-state index < -0.39 is 30.4 Å². The summed E-state index contributed by atoms with van der Waals surface area (Å²) < 4.78 is 73.6. The van der Waals surface area contributed by atoms with Crippen LogP contribution in [0.15, 0.2) is 205 Å². The highest BCUT2D eigenvalue weighted by molar-refractivity contribution is 6.11. The number of fused-ring (bicyclic) bond motifs is 4. The first-order valence-electron chi connectivity index (χ1n) is 29.5. The van der Waals surface area contributed by atoms with Gasteiger partial charge in [-0.15, -0.1) is 0 Å². The van der Waals surface area contributed by atoms with Gasteiger partial charge in [0.2, 0.25) is 5.71 Å². The second-order valence-electron chi connectivity index (χ2n) is 19.7. The summed E-state index contributed by atoms with van der Waals surface area (Å²) in [4.78, 5) is 19.7. The molecular formula is C69H64N4O. The van der Waals surface area contributed by atoms with Crippen LogP contribution in [0.4, 0.5) is 0 Å². The number of furan rings is 1. The average molecular weight is 972 g/mol. The van der Waals surface area contributed by atoms with Crippen LogP contribution in [0.25, 0.3) is 77.9 Å². The predicted molar refractivity (Wildman–Crippen MR) is 308 cm³/mol. The quantitative estimate of drug-likeness (QED) is 0.0910. The molecule has 0 atom stereocenters. The number of benzene rings is 6. The minimum atomic E-state index is -2.80. The molecule has 0 aliphatic rings. The van der Waals surface area contributed by atoms with Gasteiger partial charge in [0.05, 0.1) is 22.6 Å². The fraction of sp³-hybridized carbons (Fsp3) is 0.217. The summed E-state index contributed by atoms with van der Waals surface area (Å²) in [6.45, 7) is 6.15. The molecule has 366 valence electrons. The minimum Gasteiger partial charge on any atom is -0.437 e. The lowest BCUT2D eigenvalue weighted by molar-refractivity contribution is 0.386. The first kappa shape index (κ1) is 40.5. The SMILES string of the molecule is [2H]C([2H])([2H])c1ccccc1-c1cc(-c2cccc3c2oc2nc4ccccc4cc23)ncc1C([2H])([2H])C([2H])([2H])c1cc(CC(CC)(CC)c2ccc(-c3ccccc3)nc2)cc(CC(CC)(CC)c2ccc(-c3ccccc3)nc2)c1. The van der Waals surface area contributed by atoms with Crippen LogP contribution in [0, 0.1) is 6.85 Å². The highest BCUT2D eigenvalue weighted by Gasteiger charge is 2.32. The van der Waals surface area contributed by atoms with Crippen LogP contribution in [0.1, 0.15) is 102 Å². The Hall–Kier alpha value is -8.02. The highest BCUT2D eigenvalue weighted by atomic mass is 16.3. The largest absolute Gasteiger partial charge is 0.437 e. The molecule has 0 amide bonds. The van der Waals surface area contributed by atoms with Crippen molar-refractivity contribution in [3.8, 4) is 44.9 Å². The van der Waals surface area contributed by atoms with Crippen LogP contribution in [-0.4, -0.2) is 19.9 Å². The van der Waals surface area contributed by atoms with Crippen LogP contribution in [0.5, 0.6) is 0 Å². The summed E-state index contributed by atoms with van der Waals surface area (Å²) in [5, 5.41) is 2.59. The Morgan fingerprint density at radius 2 is 1.04 bits per heavy atom. The molecule has 5 nitrogen and oxygen atoms in total. The molecule has 11 aromatic rings. The molecule has 0 saturated heterocycles. The number of aryl methyl sites for hydroxylation is 3. The van der Waals surface area contributed by atoms with Crippen molar-refractivity contribution in [2.45, 2.75) is 96.6 Å². The molecule has 11 rings (SSSR count). The number of hydrogen-bond acceptors (Lipinski definition) is 5. The zero-order valence-electron chi connectivity index (χ0n) is 49.5. The Morgan fingerprint density at radius 1 is 0.473 bits per heavy atom. The fourth-order valence-corrected chi connectivity index (χ4v) is 11.1. The number of pyridine rings is 4. The smallest absolute Gasteiger partial charge is 0.227 e. The number of aromatic nitrogens is 4. The summed E-state index contributed by atoms with van der Waals surface area (Å²) in [7, 11) is 0. The van der Waals surface area contributed by atoms with Crippen molar-refractivity contribution in [2.24, 2.45) is 0 Å². The monoisotopic (exact) mass is 972 g/mol. The number of para-hydroxylation sites is 2. The zero-order valence-corrected chi connectivity index (χ0v) is 42.5. The van der Waals surface area contributed by atoms with Crippen molar-refractivity contribution < 1.29 is 14.0 Å². The molecule has 5 heterocycles. The second kappa shape index (κ2) is 20.8. The molecule has 6 aromatic carbocycles. The van der Waals surface area contributed by atoms with Crippen molar-refractivity contribution in [3.05, 3.63) is 240 Å². The van der Waals surface area contributed by atoms with E-state index in [4.69, 9.17) is 28.5 Å². The van der Waals surface area contributed by atoms with Gasteiger partial charge < -0.3 is 4.42 Å². The highest BCUT2D eigenvalue weighted by Crippen LogP contribution is 2.41. The maximum absolute atomic E-state index is 10.3. The van der Waals surface area contributed by atoms with Gasteiger partial charge >= 0.3 is 0 Å². The summed E-state index contributed by atoms with van der Waals surface area (Å²) in [5.41, 5.74) is 10.2. The van der Waals surface area contributed by atoms with E-state index in [0.717, 1.165) is 92.1 Å². The molecule has 5 aromatic heterocycles. The van der Waals surface area contributed by atoms with Crippen LogP contribution >= 0.6 is 0 Å². The third-order valence-electron chi connectivity index (χ3n) is 15.7. The lowest BCUT2D eigenvalue weighted by atomic mass is 9.70. The van der Waals surface area contributed by atoms with E-state index in [-0.39, 0.29) is 27.8 Å². The molecule has 0 unspecified atom stereocenters. The van der Waals surface area contributed by atoms with Crippen molar-refractivity contribution >= 4 is 33.0 Å². The molecule has 0 saturated carbocycles. The lowest BCUT2D eigenvalue weighted by Gasteiger charge is -2.34. The van der Waals surface area contributed by atoms with Gasteiger partial charge in [-0.3, -0.25) is 15.0 Å². The Balaban J connectivity index is 1.06. The Morgan fingerprint density at radius 3 is 1.65 bits per heavy atom. The van der Waals surface area contributed by atoms with E-state index in [9.17, 15) is 5.48 Å². The van der Waals surface area contributed by atoms with Gasteiger partial charge in [0.15, 0.2) is 0 Å². The maximum atomic E-state index is 10.3. The fourth-order valence-electron chi connectivity index (χ4n) is 11.1. The molecule has 0 fully saturated rings. The summed E-state index contributed by atoms with van der Waals surface area (Å²) in [6, 6.07) is 58.5. The van der Waals surface area contributed by atoms with Gasteiger partial charge in [-0.25, -0.2) is 4.98 Å². The van der Waals surface area contributed by atoms with Crippen molar-refractivity contribution in [3.63, 3.8) is 0 Å². The maximum Gasteiger partial charge on any atom is 0.227 e. The summed E-state index contributed by atoms with van der Waals surface area (Å²) in [6.07, 6.45) is 4.00.